The molecule has 0 aliphatic carbocycles. The van der Waals surface area contributed by atoms with Crippen molar-refractivity contribution in [2.24, 2.45) is 11.8 Å². The second kappa shape index (κ2) is 8.82. The van der Waals surface area contributed by atoms with Crippen molar-refractivity contribution in [1.29, 1.82) is 0 Å². The van der Waals surface area contributed by atoms with Crippen molar-refractivity contribution in [1.82, 2.24) is 9.62 Å². The minimum Gasteiger partial charge on any atom is -0.371 e. The van der Waals surface area contributed by atoms with Gasteiger partial charge in [0.15, 0.2) is 0 Å². The molecule has 1 amide bonds. The lowest BCUT2D eigenvalue weighted by Crippen LogP contribution is -2.45. The topological polar surface area (TPSA) is 69.7 Å². The van der Waals surface area contributed by atoms with Crippen molar-refractivity contribution in [2.75, 3.05) is 37.3 Å². The van der Waals surface area contributed by atoms with Crippen LogP contribution in [0.5, 0.6) is 0 Å². The molecule has 0 aromatic heterocycles. The van der Waals surface area contributed by atoms with Gasteiger partial charge in [-0.25, -0.2) is 12.7 Å². The number of hydrogen-bond acceptors (Lipinski definition) is 4. The van der Waals surface area contributed by atoms with Crippen LogP contribution in [0.25, 0.3) is 0 Å². The first kappa shape index (κ1) is 21.1. The fourth-order valence-corrected chi connectivity index (χ4v) is 5.18. The van der Waals surface area contributed by atoms with E-state index < -0.39 is 10.0 Å². The van der Waals surface area contributed by atoms with Gasteiger partial charge < -0.3 is 10.2 Å². The summed E-state index contributed by atoms with van der Waals surface area (Å²) in [5.74, 6) is 0.392. The van der Waals surface area contributed by atoms with Crippen LogP contribution >= 0.6 is 0 Å². The molecule has 1 N–H and O–H groups in total. The number of nitrogens with one attached hydrogen (secondary N) is 1. The maximum absolute atomic E-state index is 12.7. The van der Waals surface area contributed by atoms with Gasteiger partial charge in [0.25, 0.3) is 0 Å². The molecule has 2 heterocycles. The number of anilines is 1. The highest BCUT2D eigenvalue weighted by atomic mass is 32.2. The van der Waals surface area contributed by atoms with Gasteiger partial charge in [0.1, 0.15) is 0 Å². The normalized spacial score (nSPS) is 25.3. The first-order valence-electron chi connectivity index (χ1n) is 10.3. The average Bonchev–Trinajstić information content (AvgIpc) is 2.67. The van der Waals surface area contributed by atoms with E-state index in [2.05, 4.69) is 41.4 Å². The van der Waals surface area contributed by atoms with Crippen LogP contribution in [-0.2, 0) is 14.8 Å². The Morgan fingerprint density at radius 1 is 1.11 bits per heavy atom. The molecular formula is C21H33N3O3S. The molecule has 0 saturated carbocycles. The Balaban J connectivity index is 1.58. The Labute approximate surface area is 169 Å². The van der Waals surface area contributed by atoms with Gasteiger partial charge in [-0.3, -0.25) is 4.79 Å². The Hall–Kier alpha value is -1.60. The number of piperidine rings is 2. The number of nitrogens with zero attached hydrogens (tertiary/aromatic N) is 2. The number of carbonyl (C=O) groups is 1. The molecule has 0 bridgehead atoms. The lowest BCUT2D eigenvalue weighted by atomic mass is 9.97. The third-order valence-electron chi connectivity index (χ3n) is 6.00. The van der Waals surface area contributed by atoms with Crippen molar-refractivity contribution in [2.45, 2.75) is 45.6 Å². The van der Waals surface area contributed by atoms with Gasteiger partial charge in [-0.1, -0.05) is 19.1 Å². The second-order valence-corrected chi connectivity index (χ2v) is 10.5. The number of sulfonamides is 1. The van der Waals surface area contributed by atoms with E-state index in [0.717, 1.165) is 37.4 Å². The quantitative estimate of drug-likeness (QED) is 0.815. The molecule has 1 aromatic rings. The minimum atomic E-state index is -3.24. The van der Waals surface area contributed by atoms with Crippen LogP contribution < -0.4 is 10.2 Å². The van der Waals surface area contributed by atoms with Gasteiger partial charge in [0.2, 0.25) is 15.9 Å². The molecule has 0 unspecified atom stereocenters. The minimum absolute atomic E-state index is 0.0604. The van der Waals surface area contributed by atoms with E-state index in [4.69, 9.17) is 0 Å². The van der Waals surface area contributed by atoms with E-state index in [0.29, 0.717) is 6.54 Å². The number of hydrogen-bond donors (Lipinski definition) is 1. The van der Waals surface area contributed by atoms with E-state index in [1.807, 2.05) is 6.92 Å². The Morgan fingerprint density at radius 2 is 1.79 bits per heavy atom. The second-order valence-electron chi connectivity index (χ2n) is 8.48. The monoisotopic (exact) mass is 407 g/mol. The van der Waals surface area contributed by atoms with E-state index in [1.54, 1.807) is 0 Å². The standard InChI is InChI=1S/C21H33N3O3S/c1-16-6-4-12-23(14-16)20-10-8-18(9-11-20)17(2)22-21(25)19-7-5-13-24(15-19)28(3,26)27/h8-11,16-17,19H,4-7,12-15H2,1-3H3,(H,22,25)/t16-,17+,19-/m1/s1. The molecule has 2 aliphatic rings. The highest BCUT2D eigenvalue weighted by Crippen LogP contribution is 2.25. The molecule has 6 nitrogen and oxygen atoms in total. The Kier molecular flexibility index (Phi) is 6.65. The first-order chi connectivity index (χ1) is 13.2. The van der Waals surface area contributed by atoms with Crippen molar-refractivity contribution in [3.63, 3.8) is 0 Å². The number of carbonyl (C=O) groups excluding carboxylic acids is 1. The molecule has 28 heavy (non-hydrogen) atoms. The van der Waals surface area contributed by atoms with Crippen LogP contribution in [0.2, 0.25) is 0 Å². The Bertz CT molecular complexity index is 779. The third-order valence-corrected chi connectivity index (χ3v) is 7.27. The summed E-state index contributed by atoms with van der Waals surface area (Å²) >= 11 is 0. The SMILES string of the molecule is C[C@@H]1CCCN(c2ccc([C@H](C)NC(=O)[C@@H]3CCCN(S(C)(=O)=O)C3)cc2)C1. The highest BCUT2D eigenvalue weighted by Gasteiger charge is 2.30. The summed E-state index contributed by atoms with van der Waals surface area (Å²) in [7, 11) is -3.24. The van der Waals surface area contributed by atoms with E-state index in [-0.39, 0.29) is 24.4 Å². The molecule has 1 aromatic carbocycles. The zero-order valence-corrected chi connectivity index (χ0v) is 18.0. The number of amides is 1. The molecule has 2 aliphatic heterocycles. The predicted octanol–water partition coefficient (Wildman–Crippen LogP) is 2.77. The summed E-state index contributed by atoms with van der Waals surface area (Å²) in [6.07, 6.45) is 5.20. The molecule has 7 heteroatoms. The third kappa shape index (κ3) is 5.26. The zero-order valence-electron chi connectivity index (χ0n) is 17.2. The van der Waals surface area contributed by atoms with Gasteiger partial charge >= 0.3 is 0 Å². The van der Waals surface area contributed by atoms with Crippen LogP contribution in [0, 0.1) is 11.8 Å². The van der Waals surface area contributed by atoms with Gasteiger partial charge in [-0.05, 0) is 56.2 Å². The molecule has 2 fully saturated rings. The summed E-state index contributed by atoms with van der Waals surface area (Å²) in [6.45, 7) is 7.28. The van der Waals surface area contributed by atoms with Gasteiger partial charge in [-0.2, -0.15) is 0 Å². The van der Waals surface area contributed by atoms with Crippen molar-refractivity contribution in [3.8, 4) is 0 Å². The maximum Gasteiger partial charge on any atom is 0.224 e. The molecule has 0 radical (unpaired) electrons. The summed E-state index contributed by atoms with van der Waals surface area (Å²) in [6, 6.07) is 8.35. The van der Waals surface area contributed by atoms with E-state index in [1.165, 1.54) is 29.1 Å². The molecule has 3 rings (SSSR count). The summed E-state index contributed by atoms with van der Waals surface area (Å²) < 4.78 is 25.0. The lowest BCUT2D eigenvalue weighted by molar-refractivity contribution is -0.126. The Morgan fingerprint density at radius 3 is 2.43 bits per heavy atom. The van der Waals surface area contributed by atoms with Crippen LogP contribution in [0.15, 0.2) is 24.3 Å². The number of benzene rings is 1. The smallest absolute Gasteiger partial charge is 0.224 e. The summed E-state index contributed by atoms with van der Waals surface area (Å²) in [5.41, 5.74) is 2.31. The van der Waals surface area contributed by atoms with Gasteiger partial charge in [-0.15, -0.1) is 0 Å². The predicted molar refractivity (Wildman–Crippen MR) is 113 cm³/mol. The fourth-order valence-electron chi connectivity index (χ4n) is 4.27. The zero-order chi connectivity index (χ0) is 20.3. The summed E-state index contributed by atoms with van der Waals surface area (Å²) in [5, 5.41) is 3.07. The first-order valence-corrected chi connectivity index (χ1v) is 12.2. The fraction of sp³-hybridized carbons (Fsp3) is 0.667. The van der Waals surface area contributed by atoms with Crippen LogP contribution in [0.4, 0.5) is 5.69 Å². The largest absolute Gasteiger partial charge is 0.371 e. The van der Waals surface area contributed by atoms with E-state index >= 15 is 0 Å². The molecule has 2 saturated heterocycles. The molecule has 3 atom stereocenters. The molecule has 0 spiro atoms. The van der Waals surface area contributed by atoms with Gasteiger partial charge in [0.05, 0.1) is 18.2 Å². The highest BCUT2D eigenvalue weighted by molar-refractivity contribution is 7.88. The van der Waals surface area contributed by atoms with Crippen LogP contribution in [-0.4, -0.2) is 51.1 Å². The molecule has 156 valence electrons. The van der Waals surface area contributed by atoms with Crippen molar-refractivity contribution >= 4 is 21.6 Å². The average molecular weight is 408 g/mol. The lowest BCUT2D eigenvalue weighted by Gasteiger charge is -2.33. The summed E-state index contributed by atoms with van der Waals surface area (Å²) in [4.78, 5) is 15.1. The van der Waals surface area contributed by atoms with Crippen LogP contribution in [0.3, 0.4) is 0 Å². The van der Waals surface area contributed by atoms with Crippen molar-refractivity contribution in [3.05, 3.63) is 29.8 Å². The van der Waals surface area contributed by atoms with Gasteiger partial charge in [0, 0.05) is 31.9 Å². The molecular weight excluding hydrogens is 374 g/mol. The van der Waals surface area contributed by atoms with Crippen LogP contribution in [0.1, 0.15) is 51.1 Å². The maximum atomic E-state index is 12.7. The van der Waals surface area contributed by atoms with E-state index in [9.17, 15) is 13.2 Å². The number of rotatable bonds is 5. The van der Waals surface area contributed by atoms with Crippen molar-refractivity contribution < 1.29 is 13.2 Å².